The van der Waals surface area contributed by atoms with Gasteiger partial charge in [-0.1, -0.05) is 54.6 Å². The minimum atomic E-state index is -1.48. The molecule has 0 unspecified atom stereocenters. The second kappa shape index (κ2) is 7.40. The Kier molecular flexibility index (Phi) is 4.77. The van der Waals surface area contributed by atoms with Crippen LogP contribution in [-0.2, 0) is 25.2 Å². The SMILES string of the molecule is CN1C(=O)C[C@](CC(=O)N2CCC3(C=Cc4ccccc43)CC2)(c2ccccc2F)C1=O. The molecule has 5 rings (SSSR count). The van der Waals surface area contributed by atoms with Gasteiger partial charge in [0.2, 0.25) is 17.7 Å². The van der Waals surface area contributed by atoms with E-state index < -0.39 is 23.0 Å². The molecule has 32 heavy (non-hydrogen) atoms. The van der Waals surface area contributed by atoms with Crippen LogP contribution in [0.4, 0.5) is 4.39 Å². The van der Waals surface area contributed by atoms with Crippen molar-refractivity contribution in [2.24, 2.45) is 0 Å². The predicted molar refractivity (Wildman–Crippen MR) is 118 cm³/mol. The van der Waals surface area contributed by atoms with Crippen molar-refractivity contribution in [2.45, 2.75) is 36.5 Å². The number of rotatable bonds is 3. The number of halogens is 1. The van der Waals surface area contributed by atoms with E-state index in [1.165, 1.54) is 36.4 Å². The quantitative estimate of drug-likeness (QED) is 0.699. The minimum absolute atomic E-state index is 0.0596. The smallest absolute Gasteiger partial charge is 0.240 e. The number of carbonyl (C=O) groups is 3. The molecule has 0 aromatic heterocycles. The van der Waals surface area contributed by atoms with Crippen LogP contribution in [0.15, 0.2) is 54.6 Å². The van der Waals surface area contributed by atoms with E-state index >= 15 is 0 Å². The highest BCUT2D eigenvalue weighted by atomic mass is 19.1. The molecule has 1 spiro atoms. The van der Waals surface area contributed by atoms with Gasteiger partial charge in [-0.15, -0.1) is 0 Å². The van der Waals surface area contributed by atoms with Crippen molar-refractivity contribution >= 4 is 23.8 Å². The maximum Gasteiger partial charge on any atom is 0.240 e. The minimum Gasteiger partial charge on any atom is -0.343 e. The molecule has 1 atom stereocenters. The zero-order valence-electron chi connectivity index (χ0n) is 18.0. The molecule has 6 heteroatoms. The fourth-order valence-corrected chi connectivity index (χ4v) is 5.58. The van der Waals surface area contributed by atoms with Crippen molar-refractivity contribution < 1.29 is 18.8 Å². The van der Waals surface area contributed by atoms with Crippen LogP contribution < -0.4 is 0 Å². The fourth-order valence-electron chi connectivity index (χ4n) is 5.58. The van der Waals surface area contributed by atoms with Gasteiger partial charge in [0, 0.05) is 44.0 Å². The van der Waals surface area contributed by atoms with Crippen LogP contribution in [0.5, 0.6) is 0 Å². The van der Waals surface area contributed by atoms with E-state index in [0.29, 0.717) is 13.1 Å². The highest BCUT2D eigenvalue weighted by Crippen LogP contribution is 2.45. The standard InChI is InChI=1S/C26H25FN2O3/c1-28-22(30)16-26(24(28)32,20-8-4-5-9-21(20)27)17-23(31)29-14-12-25(13-15-29)11-10-18-6-2-3-7-19(18)25/h2-11H,12-17H2,1H3/t26-/m0/s1. The molecule has 0 bridgehead atoms. The number of carbonyl (C=O) groups excluding carboxylic acids is 3. The first-order chi connectivity index (χ1) is 15.4. The van der Waals surface area contributed by atoms with Gasteiger partial charge in [-0.25, -0.2) is 4.39 Å². The Labute approximate surface area is 186 Å². The molecule has 5 nitrogen and oxygen atoms in total. The Morgan fingerprint density at radius 3 is 2.31 bits per heavy atom. The Hall–Kier alpha value is -3.28. The molecule has 3 aliphatic rings. The molecule has 2 fully saturated rings. The van der Waals surface area contributed by atoms with E-state index in [1.807, 2.05) is 12.1 Å². The van der Waals surface area contributed by atoms with Crippen molar-refractivity contribution in [1.82, 2.24) is 9.80 Å². The van der Waals surface area contributed by atoms with Crippen LogP contribution in [0.25, 0.3) is 6.08 Å². The second-order valence-electron chi connectivity index (χ2n) is 9.13. The van der Waals surface area contributed by atoms with Gasteiger partial charge in [-0.05, 0) is 30.0 Å². The number of hydrogen-bond acceptors (Lipinski definition) is 3. The maximum atomic E-state index is 14.7. The number of amides is 3. The topological polar surface area (TPSA) is 57.7 Å². The average Bonchev–Trinajstić information content (AvgIpc) is 3.26. The molecule has 3 amide bonds. The van der Waals surface area contributed by atoms with Gasteiger partial charge < -0.3 is 4.90 Å². The first kappa shape index (κ1) is 20.6. The van der Waals surface area contributed by atoms with Crippen molar-refractivity contribution in [1.29, 1.82) is 0 Å². The van der Waals surface area contributed by atoms with Crippen LogP contribution in [0.3, 0.4) is 0 Å². The fraction of sp³-hybridized carbons (Fsp3) is 0.346. The number of hydrogen-bond donors (Lipinski definition) is 0. The van der Waals surface area contributed by atoms with Crippen LogP contribution in [-0.4, -0.2) is 47.7 Å². The lowest BCUT2D eigenvalue weighted by Crippen LogP contribution is -2.47. The first-order valence-corrected chi connectivity index (χ1v) is 11.0. The molecule has 2 aliphatic heterocycles. The molecule has 2 aromatic rings. The third-order valence-corrected chi connectivity index (χ3v) is 7.47. The summed E-state index contributed by atoms with van der Waals surface area (Å²) in [6.07, 6.45) is 5.59. The van der Waals surface area contributed by atoms with Crippen molar-refractivity contribution in [2.75, 3.05) is 20.1 Å². The third kappa shape index (κ3) is 3.00. The van der Waals surface area contributed by atoms with E-state index in [2.05, 4.69) is 24.3 Å². The lowest BCUT2D eigenvalue weighted by Gasteiger charge is -2.40. The molecular formula is C26H25FN2O3. The summed E-state index contributed by atoms with van der Waals surface area (Å²) in [5.74, 6) is -1.68. The monoisotopic (exact) mass is 432 g/mol. The molecule has 2 saturated heterocycles. The molecule has 0 N–H and O–H groups in total. The summed E-state index contributed by atoms with van der Waals surface area (Å²) < 4.78 is 14.7. The van der Waals surface area contributed by atoms with Crippen LogP contribution in [0, 0.1) is 5.82 Å². The number of likely N-dealkylation sites (tertiary alicyclic amines) is 2. The largest absolute Gasteiger partial charge is 0.343 e. The zero-order valence-corrected chi connectivity index (χ0v) is 18.0. The number of imide groups is 1. The molecule has 2 aromatic carbocycles. The summed E-state index contributed by atoms with van der Waals surface area (Å²) in [4.78, 5) is 41.6. The highest BCUT2D eigenvalue weighted by molar-refractivity contribution is 6.10. The summed E-state index contributed by atoms with van der Waals surface area (Å²) in [6.45, 7) is 1.12. The number of likely N-dealkylation sites (N-methyl/N-ethyl adjacent to an activating group) is 1. The van der Waals surface area contributed by atoms with Gasteiger partial charge in [-0.3, -0.25) is 19.3 Å². The van der Waals surface area contributed by atoms with E-state index in [-0.39, 0.29) is 29.7 Å². The van der Waals surface area contributed by atoms with Crippen molar-refractivity contribution in [3.8, 4) is 0 Å². The van der Waals surface area contributed by atoms with Crippen LogP contribution in [0.2, 0.25) is 0 Å². The Bertz CT molecular complexity index is 1150. The number of piperidine rings is 1. The summed E-state index contributed by atoms with van der Waals surface area (Å²) in [5.41, 5.74) is 1.10. The second-order valence-corrected chi connectivity index (χ2v) is 9.13. The maximum absolute atomic E-state index is 14.7. The van der Waals surface area contributed by atoms with Crippen molar-refractivity contribution in [3.05, 3.63) is 77.1 Å². The normalized spacial score (nSPS) is 23.8. The average molecular weight is 432 g/mol. The predicted octanol–water partition coefficient (Wildman–Crippen LogP) is 3.43. The lowest BCUT2D eigenvalue weighted by atomic mass is 9.73. The Balaban J connectivity index is 1.38. The van der Waals surface area contributed by atoms with E-state index in [4.69, 9.17) is 0 Å². The first-order valence-electron chi connectivity index (χ1n) is 11.0. The van der Waals surface area contributed by atoms with E-state index in [0.717, 1.165) is 17.7 Å². The third-order valence-electron chi connectivity index (χ3n) is 7.47. The molecule has 0 saturated carbocycles. The van der Waals surface area contributed by atoms with Gasteiger partial charge >= 0.3 is 0 Å². The number of benzene rings is 2. The van der Waals surface area contributed by atoms with Gasteiger partial charge in [0.1, 0.15) is 5.82 Å². The highest BCUT2D eigenvalue weighted by Gasteiger charge is 2.54. The number of allylic oxidation sites excluding steroid dienone is 1. The summed E-state index contributed by atoms with van der Waals surface area (Å²) in [5, 5.41) is 0. The summed E-state index contributed by atoms with van der Waals surface area (Å²) in [7, 11) is 1.40. The molecule has 1 aliphatic carbocycles. The van der Waals surface area contributed by atoms with E-state index in [1.54, 1.807) is 11.0 Å². The molecular weight excluding hydrogens is 407 g/mol. The Morgan fingerprint density at radius 1 is 1.00 bits per heavy atom. The number of fused-ring (bicyclic) bond motifs is 2. The van der Waals surface area contributed by atoms with Gasteiger partial charge in [0.05, 0.1) is 5.41 Å². The van der Waals surface area contributed by atoms with E-state index in [9.17, 15) is 18.8 Å². The lowest BCUT2D eigenvalue weighted by molar-refractivity contribution is -0.142. The molecule has 164 valence electrons. The number of nitrogens with zero attached hydrogens (tertiary/aromatic N) is 2. The van der Waals surface area contributed by atoms with Crippen LogP contribution in [0.1, 0.15) is 42.4 Å². The summed E-state index contributed by atoms with van der Waals surface area (Å²) in [6, 6.07) is 14.3. The molecule has 0 radical (unpaired) electrons. The van der Waals surface area contributed by atoms with Gasteiger partial charge in [0.25, 0.3) is 0 Å². The van der Waals surface area contributed by atoms with Crippen LogP contribution >= 0.6 is 0 Å². The van der Waals surface area contributed by atoms with Crippen molar-refractivity contribution in [3.63, 3.8) is 0 Å². The molecule has 2 heterocycles. The van der Waals surface area contributed by atoms with Gasteiger partial charge in [0.15, 0.2) is 0 Å². The zero-order chi connectivity index (χ0) is 22.5. The van der Waals surface area contributed by atoms with Gasteiger partial charge in [-0.2, -0.15) is 0 Å². The summed E-state index contributed by atoms with van der Waals surface area (Å²) >= 11 is 0. The Morgan fingerprint density at radius 2 is 1.66 bits per heavy atom.